The number of aliphatic hydroxyl groups excluding tert-OH is 1. The van der Waals surface area contributed by atoms with E-state index in [2.05, 4.69) is 0 Å². The standard InChI is InChI=1S/C6H8BNO/c7-6(5-9)8-3-1-2-4-8/h1-4,6,9H,5H2. The molecule has 0 aromatic carbocycles. The van der Waals surface area contributed by atoms with E-state index in [1.807, 2.05) is 24.5 Å². The first-order valence-electron chi connectivity index (χ1n) is 2.83. The number of hydrogen-bond acceptors (Lipinski definition) is 1. The average molecular weight is 121 g/mol. The molecule has 0 fully saturated rings. The van der Waals surface area contributed by atoms with Crippen LogP contribution in [-0.2, 0) is 0 Å². The Bertz CT molecular complexity index is 162. The van der Waals surface area contributed by atoms with Crippen molar-refractivity contribution in [3.8, 4) is 0 Å². The van der Waals surface area contributed by atoms with Gasteiger partial charge in [-0.3, -0.25) is 0 Å². The maximum Gasteiger partial charge on any atom is 0.103 e. The Morgan fingerprint density at radius 3 is 2.44 bits per heavy atom. The molecule has 2 nitrogen and oxygen atoms in total. The molecular weight excluding hydrogens is 113 g/mol. The van der Waals surface area contributed by atoms with Crippen LogP contribution in [-0.4, -0.2) is 24.1 Å². The van der Waals surface area contributed by atoms with E-state index in [-0.39, 0.29) is 12.5 Å². The van der Waals surface area contributed by atoms with Crippen LogP contribution in [0.4, 0.5) is 0 Å². The molecule has 1 unspecified atom stereocenters. The first kappa shape index (κ1) is 6.43. The summed E-state index contributed by atoms with van der Waals surface area (Å²) in [7, 11) is 5.45. The van der Waals surface area contributed by atoms with Gasteiger partial charge in [0, 0.05) is 18.3 Å². The van der Waals surface area contributed by atoms with E-state index in [9.17, 15) is 0 Å². The summed E-state index contributed by atoms with van der Waals surface area (Å²) in [6.45, 7) is -0.0192. The fourth-order valence-electron chi connectivity index (χ4n) is 0.663. The monoisotopic (exact) mass is 121 g/mol. The van der Waals surface area contributed by atoms with Crippen molar-refractivity contribution in [2.75, 3.05) is 6.61 Å². The Morgan fingerprint density at radius 1 is 1.44 bits per heavy atom. The lowest BCUT2D eigenvalue weighted by Gasteiger charge is -2.08. The molecule has 1 aromatic rings. The van der Waals surface area contributed by atoms with Gasteiger partial charge >= 0.3 is 0 Å². The van der Waals surface area contributed by atoms with Crippen molar-refractivity contribution in [1.82, 2.24) is 4.57 Å². The molecule has 1 aromatic heterocycles. The van der Waals surface area contributed by atoms with Gasteiger partial charge in [0.1, 0.15) is 7.85 Å². The Morgan fingerprint density at radius 2 is 2.00 bits per heavy atom. The minimum atomic E-state index is -0.292. The third-order valence-electron chi connectivity index (χ3n) is 1.20. The third kappa shape index (κ3) is 1.36. The fraction of sp³-hybridized carbons (Fsp3) is 0.333. The van der Waals surface area contributed by atoms with Gasteiger partial charge in [0.2, 0.25) is 0 Å². The van der Waals surface area contributed by atoms with Crippen LogP contribution in [0.15, 0.2) is 24.5 Å². The Hall–Kier alpha value is -0.695. The molecule has 0 aliphatic carbocycles. The van der Waals surface area contributed by atoms with Gasteiger partial charge in [0.05, 0.1) is 6.61 Å². The van der Waals surface area contributed by atoms with E-state index in [0.717, 1.165) is 0 Å². The highest BCUT2D eigenvalue weighted by atomic mass is 16.3. The van der Waals surface area contributed by atoms with Gasteiger partial charge in [-0.05, 0) is 12.1 Å². The number of aromatic nitrogens is 1. The lowest BCUT2D eigenvalue weighted by atomic mass is 9.98. The first-order chi connectivity index (χ1) is 4.34. The van der Waals surface area contributed by atoms with Crippen LogP contribution in [0.2, 0.25) is 0 Å². The van der Waals surface area contributed by atoms with Crippen molar-refractivity contribution >= 4 is 7.85 Å². The quantitative estimate of drug-likeness (QED) is 0.553. The van der Waals surface area contributed by atoms with E-state index in [0.29, 0.717) is 0 Å². The summed E-state index contributed by atoms with van der Waals surface area (Å²) < 4.78 is 1.75. The summed E-state index contributed by atoms with van der Waals surface area (Å²) in [5, 5.41) is 8.56. The predicted octanol–water partition coefficient (Wildman–Crippen LogP) is 0.148. The lowest BCUT2D eigenvalue weighted by Crippen LogP contribution is -2.10. The van der Waals surface area contributed by atoms with Crippen LogP contribution in [0.5, 0.6) is 0 Å². The van der Waals surface area contributed by atoms with Crippen LogP contribution in [0, 0.1) is 0 Å². The molecule has 1 rings (SSSR count). The lowest BCUT2D eigenvalue weighted by molar-refractivity contribution is 0.268. The summed E-state index contributed by atoms with van der Waals surface area (Å²) in [5.41, 5.74) is 0. The highest BCUT2D eigenvalue weighted by Gasteiger charge is 1.97. The van der Waals surface area contributed by atoms with Crippen molar-refractivity contribution < 1.29 is 5.11 Å². The molecule has 9 heavy (non-hydrogen) atoms. The zero-order valence-electron chi connectivity index (χ0n) is 5.07. The van der Waals surface area contributed by atoms with Crippen LogP contribution < -0.4 is 0 Å². The van der Waals surface area contributed by atoms with Gasteiger partial charge in [-0.15, -0.1) is 0 Å². The van der Waals surface area contributed by atoms with Crippen LogP contribution in [0.1, 0.15) is 5.94 Å². The summed E-state index contributed by atoms with van der Waals surface area (Å²) in [5.74, 6) is -0.292. The summed E-state index contributed by atoms with van der Waals surface area (Å²) >= 11 is 0. The van der Waals surface area contributed by atoms with E-state index < -0.39 is 0 Å². The molecule has 2 radical (unpaired) electrons. The molecule has 3 heteroatoms. The fourth-order valence-corrected chi connectivity index (χ4v) is 0.663. The number of nitrogens with zero attached hydrogens (tertiary/aromatic N) is 1. The van der Waals surface area contributed by atoms with Gasteiger partial charge in [0.15, 0.2) is 0 Å². The molecule has 0 aliphatic rings. The average Bonchev–Trinajstić information content (AvgIpc) is 2.37. The highest BCUT2D eigenvalue weighted by Crippen LogP contribution is 1.99. The Labute approximate surface area is 55.5 Å². The molecule has 0 spiro atoms. The molecule has 0 saturated heterocycles. The third-order valence-corrected chi connectivity index (χ3v) is 1.20. The van der Waals surface area contributed by atoms with E-state index in [4.69, 9.17) is 13.0 Å². The number of aliphatic hydroxyl groups is 1. The van der Waals surface area contributed by atoms with Gasteiger partial charge in [-0.1, -0.05) is 0 Å². The van der Waals surface area contributed by atoms with Gasteiger partial charge in [0.25, 0.3) is 0 Å². The SMILES string of the molecule is [B]C(CO)n1cccc1. The van der Waals surface area contributed by atoms with Crippen LogP contribution in [0.3, 0.4) is 0 Å². The maximum absolute atomic E-state index is 8.56. The second-order valence-corrected chi connectivity index (χ2v) is 1.88. The van der Waals surface area contributed by atoms with Crippen LogP contribution in [0.25, 0.3) is 0 Å². The molecule has 1 heterocycles. The van der Waals surface area contributed by atoms with Crippen molar-refractivity contribution in [1.29, 1.82) is 0 Å². The van der Waals surface area contributed by atoms with Crippen molar-refractivity contribution in [3.05, 3.63) is 24.5 Å². The Balaban J connectivity index is 2.65. The number of rotatable bonds is 2. The zero-order valence-corrected chi connectivity index (χ0v) is 5.07. The molecule has 1 atom stereocenters. The number of hydrogen-bond donors (Lipinski definition) is 1. The summed E-state index contributed by atoms with van der Waals surface area (Å²) in [6, 6.07) is 3.74. The second kappa shape index (κ2) is 2.73. The van der Waals surface area contributed by atoms with Crippen molar-refractivity contribution in [2.24, 2.45) is 0 Å². The van der Waals surface area contributed by atoms with Gasteiger partial charge < -0.3 is 9.67 Å². The van der Waals surface area contributed by atoms with Gasteiger partial charge in [-0.25, -0.2) is 0 Å². The molecular formula is C6H8BNO. The molecule has 0 bridgehead atoms. The van der Waals surface area contributed by atoms with E-state index >= 15 is 0 Å². The maximum atomic E-state index is 8.56. The first-order valence-corrected chi connectivity index (χ1v) is 2.83. The molecule has 46 valence electrons. The van der Waals surface area contributed by atoms with Crippen LogP contribution >= 0.6 is 0 Å². The minimum Gasteiger partial charge on any atom is -0.395 e. The molecule has 1 N–H and O–H groups in total. The molecule has 0 aliphatic heterocycles. The highest BCUT2D eigenvalue weighted by molar-refractivity contribution is 6.10. The minimum absolute atomic E-state index is 0.0192. The Kier molecular flexibility index (Phi) is 1.95. The smallest absolute Gasteiger partial charge is 0.103 e. The largest absolute Gasteiger partial charge is 0.395 e. The normalized spacial score (nSPS) is 13.4. The second-order valence-electron chi connectivity index (χ2n) is 1.88. The molecule has 0 amide bonds. The summed E-state index contributed by atoms with van der Waals surface area (Å²) in [6.07, 6.45) is 3.64. The van der Waals surface area contributed by atoms with Crippen molar-refractivity contribution in [2.45, 2.75) is 5.94 Å². The predicted molar refractivity (Wildman–Crippen MR) is 36.3 cm³/mol. The summed E-state index contributed by atoms with van der Waals surface area (Å²) in [4.78, 5) is 0. The zero-order chi connectivity index (χ0) is 6.69. The van der Waals surface area contributed by atoms with Crippen molar-refractivity contribution in [3.63, 3.8) is 0 Å². The molecule has 0 saturated carbocycles. The van der Waals surface area contributed by atoms with E-state index in [1.54, 1.807) is 4.57 Å². The van der Waals surface area contributed by atoms with E-state index in [1.165, 1.54) is 0 Å². The van der Waals surface area contributed by atoms with Gasteiger partial charge in [-0.2, -0.15) is 0 Å². The topological polar surface area (TPSA) is 25.2 Å².